The molecule has 0 saturated carbocycles. The maximum absolute atomic E-state index is 13.3. The molecule has 2 N–H and O–H groups in total. The lowest BCUT2D eigenvalue weighted by atomic mass is 10.1. The molecular weight excluding hydrogens is 347 g/mol. The van der Waals surface area contributed by atoms with E-state index in [1.165, 1.54) is 18.2 Å². The van der Waals surface area contributed by atoms with Gasteiger partial charge >= 0.3 is 0 Å². The van der Waals surface area contributed by atoms with Gasteiger partial charge in [-0.1, -0.05) is 18.2 Å². The van der Waals surface area contributed by atoms with Gasteiger partial charge in [-0.2, -0.15) is 4.72 Å². The zero-order chi connectivity index (χ0) is 14.3. The second-order valence-electron chi connectivity index (χ2n) is 4.37. The summed E-state index contributed by atoms with van der Waals surface area (Å²) in [6.45, 7) is 0. The van der Waals surface area contributed by atoms with Crippen molar-refractivity contribution in [3.8, 4) is 0 Å². The van der Waals surface area contributed by atoms with Gasteiger partial charge in [-0.15, -0.1) is 0 Å². The summed E-state index contributed by atoms with van der Waals surface area (Å²) in [5.41, 5.74) is 1.15. The third-order valence-electron chi connectivity index (χ3n) is 3.03. The van der Waals surface area contributed by atoms with Crippen molar-refractivity contribution in [1.29, 1.82) is 0 Å². The van der Waals surface area contributed by atoms with Crippen LogP contribution in [0.2, 0.25) is 0 Å². The van der Waals surface area contributed by atoms with Crippen LogP contribution in [0.1, 0.15) is 11.7 Å². The molecule has 4 nitrogen and oxygen atoms in total. The number of sulfonamides is 1. The first kappa shape index (κ1) is 13.5. The smallest absolute Gasteiger partial charge is 0.244 e. The molecule has 2 aromatic carbocycles. The first-order chi connectivity index (χ1) is 9.47. The zero-order valence-corrected chi connectivity index (χ0v) is 12.5. The van der Waals surface area contributed by atoms with E-state index >= 15 is 0 Å². The van der Waals surface area contributed by atoms with E-state index in [1.54, 1.807) is 24.3 Å². The molecule has 1 aliphatic rings. The molecule has 0 amide bonds. The van der Waals surface area contributed by atoms with Crippen molar-refractivity contribution in [2.45, 2.75) is 11.1 Å². The van der Waals surface area contributed by atoms with E-state index in [2.05, 4.69) is 26.0 Å². The van der Waals surface area contributed by atoms with Gasteiger partial charge in [0.1, 0.15) is 16.9 Å². The normalized spacial score (nSPS) is 20.0. The van der Waals surface area contributed by atoms with E-state index in [9.17, 15) is 12.8 Å². The van der Waals surface area contributed by atoms with Crippen LogP contribution in [-0.2, 0) is 10.0 Å². The minimum Gasteiger partial charge on any atom is -0.364 e. The molecule has 1 atom stereocenters. The van der Waals surface area contributed by atoms with E-state index in [1.807, 2.05) is 0 Å². The standard InChI is InChI=1S/C13H10BrFN2O2S/c14-9-7-8(5-6-10(9)15)13-16-11-3-1-2-4-12(11)20(18,19)17-13/h1-7,13,16-17H/t13-/m1/s1. The number of benzene rings is 2. The Bertz CT molecular complexity index is 780. The van der Waals surface area contributed by atoms with Gasteiger partial charge in [-0.25, -0.2) is 12.8 Å². The van der Waals surface area contributed by atoms with Crippen molar-refractivity contribution in [2.24, 2.45) is 0 Å². The SMILES string of the molecule is O=S1(=O)N[C@H](c2ccc(F)c(Br)c2)Nc2ccccc21. The van der Waals surface area contributed by atoms with Crippen LogP contribution < -0.4 is 10.0 Å². The zero-order valence-electron chi connectivity index (χ0n) is 10.1. The van der Waals surface area contributed by atoms with E-state index < -0.39 is 22.0 Å². The highest BCUT2D eigenvalue weighted by molar-refractivity contribution is 9.10. The van der Waals surface area contributed by atoms with E-state index in [0.717, 1.165) is 0 Å². The number of halogens is 2. The minimum absolute atomic E-state index is 0.206. The monoisotopic (exact) mass is 356 g/mol. The van der Waals surface area contributed by atoms with Crippen molar-refractivity contribution < 1.29 is 12.8 Å². The average molecular weight is 357 g/mol. The second kappa shape index (κ2) is 4.83. The molecular formula is C13H10BrFN2O2S. The molecule has 0 saturated heterocycles. The minimum atomic E-state index is -3.58. The van der Waals surface area contributed by atoms with Crippen LogP contribution in [0.15, 0.2) is 51.8 Å². The Morgan fingerprint density at radius 3 is 2.65 bits per heavy atom. The molecule has 0 fully saturated rings. The predicted molar refractivity (Wildman–Crippen MR) is 77.2 cm³/mol. The van der Waals surface area contributed by atoms with Crippen molar-refractivity contribution in [1.82, 2.24) is 4.72 Å². The van der Waals surface area contributed by atoms with Gasteiger partial charge in [0.15, 0.2) is 0 Å². The molecule has 0 unspecified atom stereocenters. The maximum Gasteiger partial charge on any atom is 0.244 e. The quantitative estimate of drug-likeness (QED) is 0.825. The van der Waals surface area contributed by atoms with Gasteiger partial charge in [0.25, 0.3) is 0 Å². The molecule has 20 heavy (non-hydrogen) atoms. The summed E-state index contributed by atoms with van der Waals surface area (Å²) in [5, 5.41) is 3.08. The second-order valence-corrected chi connectivity index (χ2v) is 6.91. The number of fused-ring (bicyclic) bond motifs is 1. The number of anilines is 1. The number of hydrogen-bond donors (Lipinski definition) is 2. The fraction of sp³-hybridized carbons (Fsp3) is 0.0769. The van der Waals surface area contributed by atoms with Crippen molar-refractivity contribution in [2.75, 3.05) is 5.32 Å². The number of rotatable bonds is 1. The molecule has 2 aromatic rings. The summed E-state index contributed by atoms with van der Waals surface area (Å²) in [4.78, 5) is 0.206. The van der Waals surface area contributed by atoms with Crippen LogP contribution in [-0.4, -0.2) is 8.42 Å². The first-order valence-corrected chi connectivity index (χ1v) is 8.08. The van der Waals surface area contributed by atoms with Gasteiger partial charge in [0, 0.05) is 0 Å². The molecule has 1 heterocycles. The highest BCUT2D eigenvalue weighted by Gasteiger charge is 2.29. The van der Waals surface area contributed by atoms with Crippen LogP contribution in [0.4, 0.5) is 10.1 Å². The Labute approximate surface area is 124 Å². The van der Waals surface area contributed by atoms with Gasteiger partial charge in [0.05, 0.1) is 10.2 Å². The van der Waals surface area contributed by atoms with Crippen LogP contribution in [0.25, 0.3) is 0 Å². The molecule has 0 spiro atoms. The van der Waals surface area contributed by atoms with E-state index in [-0.39, 0.29) is 9.37 Å². The lowest BCUT2D eigenvalue weighted by Crippen LogP contribution is -2.38. The van der Waals surface area contributed by atoms with Crippen LogP contribution in [0.5, 0.6) is 0 Å². The van der Waals surface area contributed by atoms with E-state index in [0.29, 0.717) is 11.3 Å². The third-order valence-corrected chi connectivity index (χ3v) is 5.12. The van der Waals surface area contributed by atoms with Crippen LogP contribution in [0, 0.1) is 5.82 Å². The van der Waals surface area contributed by atoms with E-state index in [4.69, 9.17) is 0 Å². The van der Waals surface area contributed by atoms with Crippen molar-refractivity contribution in [3.05, 3.63) is 58.3 Å². The molecule has 0 aliphatic carbocycles. The average Bonchev–Trinajstić information content (AvgIpc) is 2.41. The van der Waals surface area contributed by atoms with Gasteiger partial charge in [-0.3, -0.25) is 0 Å². The van der Waals surface area contributed by atoms with Gasteiger partial charge in [0.2, 0.25) is 10.0 Å². The highest BCUT2D eigenvalue weighted by Crippen LogP contribution is 2.31. The molecule has 0 bridgehead atoms. The lowest BCUT2D eigenvalue weighted by molar-refractivity contribution is 0.562. The molecule has 104 valence electrons. The van der Waals surface area contributed by atoms with Crippen molar-refractivity contribution >= 4 is 31.6 Å². The molecule has 7 heteroatoms. The lowest BCUT2D eigenvalue weighted by Gasteiger charge is -2.28. The summed E-state index contributed by atoms with van der Waals surface area (Å²) in [5.74, 6) is -0.396. The van der Waals surface area contributed by atoms with Crippen LogP contribution in [0.3, 0.4) is 0 Å². The summed E-state index contributed by atoms with van der Waals surface area (Å²) < 4.78 is 40.4. The Hall–Kier alpha value is -1.44. The Morgan fingerprint density at radius 2 is 1.90 bits per heavy atom. The summed E-state index contributed by atoms with van der Waals surface area (Å²) >= 11 is 3.09. The molecule has 0 radical (unpaired) electrons. The fourth-order valence-electron chi connectivity index (χ4n) is 2.07. The van der Waals surface area contributed by atoms with Gasteiger partial charge in [-0.05, 0) is 45.8 Å². The summed E-state index contributed by atoms with van der Waals surface area (Å²) in [6, 6.07) is 11.0. The summed E-state index contributed by atoms with van der Waals surface area (Å²) in [7, 11) is -3.58. The number of hydrogen-bond acceptors (Lipinski definition) is 3. The Kier molecular flexibility index (Phi) is 3.27. The number of para-hydroxylation sites is 1. The van der Waals surface area contributed by atoms with Crippen LogP contribution >= 0.6 is 15.9 Å². The highest BCUT2D eigenvalue weighted by atomic mass is 79.9. The summed E-state index contributed by atoms with van der Waals surface area (Å²) in [6.07, 6.45) is -0.633. The Morgan fingerprint density at radius 1 is 1.15 bits per heavy atom. The third kappa shape index (κ3) is 2.32. The maximum atomic E-state index is 13.3. The van der Waals surface area contributed by atoms with Gasteiger partial charge < -0.3 is 5.32 Å². The molecule has 3 rings (SSSR count). The Balaban J connectivity index is 2.05. The predicted octanol–water partition coefficient (Wildman–Crippen LogP) is 2.99. The topological polar surface area (TPSA) is 58.2 Å². The molecule has 1 aliphatic heterocycles. The number of nitrogens with one attached hydrogen (secondary N) is 2. The first-order valence-electron chi connectivity index (χ1n) is 5.80. The molecule has 0 aromatic heterocycles. The fourth-order valence-corrected chi connectivity index (χ4v) is 3.77. The van der Waals surface area contributed by atoms with Crippen molar-refractivity contribution in [3.63, 3.8) is 0 Å². The largest absolute Gasteiger partial charge is 0.364 e.